The topological polar surface area (TPSA) is 127 Å². The second kappa shape index (κ2) is 5.93. The Hall–Kier alpha value is -2.74. The van der Waals surface area contributed by atoms with Gasteiger partial charge in [0.15, 0.2) is 0 Å². The second-order valence-electron chi connectivity index (χ2n) is 4.01. The lowest BCUT2D eigenvalue weighted by molar-refractivity contribution is -0.384. The molecule has 8 nitrogen and oxygen atoms in total. The standard InChI is InChI=1S/C12H13N5O3/c13-11-10(17(19)20)6-14-12(16-11)15-9(7-18)8-4-2-1-3-5-8/h1-6,9,18H,7H2,(H3,13,14,15,16)/t9-/m0/s1. The molecule has 1 heterocycles. The molecule has 0 saturated heterocycles. The van der Waals surface area contributed by atoms with E-state index in [1.54, 1.807) is 0 Å². The zero-order chi connectivity index (χ0) is 14.5. The van der Waals surface area contributed by atoms with Crippen LogP contribution in [0.3, 0.4) is 0 Å². The van der Waals surface area contributed by atoms with Crippen molar-refractivity contribution < 1.29 is 10.0 Å². The van der Waals surface area contributed by atoms with Crippen LogP contribution in [-0.4, -0.2) is 26.6 Å². The summed E-state index contributed by atoms with van der Waals surface area (Å²) in [6.07, 6.45) is 1.03. The van der Waals surface area contributed by atoms with Gasteiger partial charge < -0.3 is 16.2 Å². The second-order valence-corrected chi connectivity index (χ2v) is 4.01. The average Bonchev–Trinajstić information content (AvgIpc) is 2.45. The van der Waals surface area contributed by atoms with Crippen LogP contribution in [-0.2, 0) is 0 Å². The van der Waals surface area contributed by atoms with E-state index in [1.165, 1.54) is 0 Å². The Morgan fingerprint density at radius 1 is 1.40 bits per heavy atom. The minimum absolute atomic E-state index is 0.121. The number of hydrogen-bond acceptors (Lipinski definition) is 7. The van der Waals surface area contributed by atoms with Crippen LogP contribution in [0.4, 0.5) is 17.5 Å². The van der Waals surface area contributed by atoms with Crippen molar-refractivity contribution in [3.63, 3.8) is 0 Å². The summed E-state index contributed by atoms with van der Waals surface area (Å²) >= 11 is 0. The lowest BCUT2D eigenvalue weighted by Gasteiger charge is -2.16. The average molecular weight is 275 g/mol. The summed E-state index contributed by atoms with van der Waals surface area (Å²) in [4.78, 5) is 17.6. The summed E-state index contributed by atoms with van der Waals surface area (Å²) in [6, 6.07) is 8.79. The molecule has 0 radical (unpaired) electrons. The third kappa shape index (κ3) is 2.98. The number of hydrogen-bond donors (Lipinski definition) is 3. The molecule has 0 saturated carbocycles. The monoisotopic (exact) mass is 275 g/mol. The molecule has 0 fully saturated rings. The van der Waals surface area contributed by atoms with E-state index in [1.807, 2.05) is 30.3 Å². The molecule has 2 aromatic rings. The number of aromatic nitrogens is 2. The zero-order valence-corrected chi connectivity index (χ0v) is 10.4. The number of aliphatic hydroxyl groups is 1. The molecule has 1 aromatic heterocycles. The van der Waals surface area contributed by atoms with Crippen LogP contribution >= 0.6 is 0 Å². The maximum Gasteiger partial charge on any atom is 0.329 e. The molecular weight excluding hydrogens is 262 g/mol. The lowest BCUT2D eigenvalue weighted by Crippen LogP contribution is -2.17. The molecule has 0 aliphatic heterocycles. The van der Waals surface area contributed by atoms with Crippen molar-refractivity contribution in [3.8, 4) is 0 Å². The van der Waals surface area contributed by atoms with Gasteiger partial charge in [0.25, 0.3) is 0 Å². The van der Waals surface area contributed by atoms with Crippen molar-refractivity contribution in [1.82, 2.24) is 9.97 Å². The maximum absolute atomic E-state index is 10.6. The third-order valence-electron chi connectivity index (χ3n) is 2.68. The molecule has 0 unspecified atom stereocenters. The summed E-state index contributed by atoms with van der Waals surface area (Å²) < 4.78 is 0. The van der Waals surface area contributed by atoms with Gasteiger partial charge in [-0.2, -0.15) is 4.98 Å². The number of nitrogens with zero attached hydrogens (tertiary/aromatic N) is 3. The van der Waals surface area contributed by atoms with E-state index in [0.717, 1.165) is 11.8 Å². The van der Waals surface area contributed by atoms with E-state index in [4.69, 9.17) is 5.73 Å². The van der Waals surface area contributed by atoms with Crippen LogP contribution in [0.15, 0.2) is 36.5 Å². The maximum atomic E-state index is 10.6. The highest BCUT2D eigenvalue weighted by Gasteiger charge is 2.16. The molecular formula is C12H13N5O3. The van der Waals surface area contributed by atoms with E-state index in [2.05, 4.69) is 15.3 Å². The number of nitro groups is 1. The molecule has 0 bridgehead atoms. The SMILES string of the molecule is Nc1nc(N[C@@H](CO)c2ccccc2)ncc1[N+](=O)[O-]. The van der Waals surface area contributed by atoms with Crippen LogP contribution < -0.4 is 11.1 Å². The first-order chi connectivity index (χ1) is 9.61. The number of benzene rings is 1. The minimum atomic E-state index is -0.653. The minimum Gasteiger partial charge on any atom is -0.394 e. The van der Waals surface area contributed by atoms with Gasteiger partial charge in [0.1, 0.15) is 6.20 Å². The Balaban J connectivity index is 2.20. The van der Waals surface area contributed by atoms with E-state index in [0.29, 0.717) is 0 Å². The van der Waals surface area contributed by atoms with E-state index in [-0.39, 0.29) is 24.1 Å². The van der Waals surface area contributed by atoms with Gasteiger partial charge in [-0.05, 0) is 5.56 Å². The lowest BCUT2D eigenvalue weighted by atomic mass is 10.1. The van der Waals surface area contributed by atoms with E-state index in [9.17, 15) is 15.2 Å². The highest BCUT2D eigenvalue weighted by atomic mass is 16.6. The van der Waals surface area contributed by atoms with Gasteiger partial charge in [-0.15, -0.1) is 0 Å². The van der Waals surface area contributed by atoms with Crippen LogP contribution in [0.25, 0.3) is 0 Å². The number of rotatable bonds is 5. The summed E-state index contributed by atoms with van der Waals surface area (Å²) in [5.74, 6) is -0.103. The Morgan fingerprint density at radius 3 is 2.65 bits per heavy atom. The van der Waals surface area contributed by atoms with Crippen LogP contribution in [0.1, 0.15) is 11.6 Å². The van der Waals surface area contributed by atoms with Gasteiger partial charge in [-0.25, -0.2) is 4.98 Å². The molecule has 0 aliphatic rings. The van der Waals surface area contributed by atoms with Crippen molar-refractivity contribution in [2.24, 2.45) is 0 Å². The number of nitrogens with two attached hydrogens (primary N) is 1. The zero-order valence-electron chi connectivity index (χ0n) is 10.4. The van der Waals surface area contributed by atoms with Gasteiger partial charge in [-0.1, -0.05) is 30.3 Å². The van der Waals surface area contributed by atoms with Gasteiger partial charge in [0.05, 0.1) is 17.6 Å². The molecule has 104 valence electrons. The first-order valence-electron chi connectivity index (χ1n) is 5.81. The van der Waals surface area contributed by atoms with E-state index < -0.39 is 11.0 Å². The summed E-state index contributed by atoms with van der Waals surface area (Å²) in [6.45, 7) is -0.176. The molecule has 20 heavy (non-hydrogen) atoms. The van der Waals surface area contributed by atoms with E-state index >= 15 is 0 Å². The molecule has 8 heteroatoms. The summed E-state index contributed by atoms with van der Waals surface area (Å²) in [5.41, 5.74) is 5.97. The van der Waals surface area contributed by atoms with Gasteiger partial charge in [0.2, 0.25) is 11.8 Å². The Morgan fingerprint density at radius 2 is 2.10 bits per heavy atom. The number of nitrogens with one attached hydrogen (secondary N) is 1. The molecule has 1 aromatic carbocycles. The van der Waals surface area contributed by atoms with Crippen LogP contribution in [0, 0.1) is 10.1 Å². The molecule has 4 N–H and O–H groups in total. The van der Waals surface area contributed by atoms with Gasteiger partial charge >= 0.3 is 5.69 Å². The highest BCUT2D eigenvalue weighted by molar-refractivity contribution is 5.53. The van der Waals surface area contributed by atoms with Crippen molar-refractivity contribution in [1.29, 1.82) is 0 Å². The fraction of sp³-hybridized carbons (Fsp3) is 0.167. The van der Waals surface area contributed by atoms with Crippen molar-refractivity contribution in [2.75, 3.05) is 17.7 Å². The third-order valence-corrected chi connectivity index (χ3v) is 2.68. The van der Waals surface area contributed by atoms with Crippen molar-refractivity contribution in [3.05, 3.63) is 52.2 Å². The quantitative estimate of drug-likeness (QED) is 0.551. The van der Waals surface area contributed by atoms with Gasteiger partial charge in [-0.3, -0.25) is 10.1 Å². The summed E-state index contributed by atoms with van der Waals surface area (Å²) in [5, 5.41) is 22.9. The number of nitrogen functional groups attached to an aromatic ring is 1. The predicted octanol–water partition coefficient (Wildman–Crippen LogP) is 1.11. The molecule has 0 aliphatic carbocycles. The number of aliphatic hydroxyl groups excluding tert-OH is 1. The molecule has 2 rings (SSSR count). The first-order valence-corrected chi connectivity index (χ1v) is 5.81. The fourth-order valence-electron chi connectivity index (χ4n) is 1.67. The van der Waals surface area contributed by atoms with Crippen LogP contribution in [0.5, 0.6) is 0 Å². The molecule has 0 spiro atoms. The summed E-state index contributed by atoms with van der Waals surface area (Å²) in [7, 11) is 0. The van der Waals surface area contributed by atoms with Gasteiger partial charge in [0, 0.05) is 0 Å². The normalized spacial score (nSPS) is 11.8. The Bertz CT molecular complexity index is 605. The Kier molecular flexibility index (Phi) is 4.06. The van der Waals surface area contributed by atoms with Crippen LogP contribution in [0.2, 0.25) is 0 Å². The first kappa shape index (κ1) is 13.7. The number of anilines is 2. The predicted molar refractivity (Wildman–Crippen MR) is 73.0 cm³/mol. The van der Waals surface area contributed by atoms with Crippen molar-refractivity contribution >= 4 is 17.5 Å². The molecule has 1 atom stereocenters. The largest absolute Gasteiger partial charge is 0.394 e. The Labute approximate surface area is 114 Å². The van der Waals surface area contributed by atoms with Crippen molar-refractivity contribution in [2.45, 2.75) is 6.04 Å². The highest BCUT2D eigenvalue weighted by Crippen LogP contribution is 2.21. The smallest absolute Gasteiger partial charge is 0.329 e. The molecule has 0 amide bonds. The fourth-order valence-corrected chi connectivity index (χ4v) is 1.67.